The van der Waals surface area contributed by atoms with E-state index in [9.17, 15) is 0 Å². The summed E-state index contributed by atoms with van der Waals surface area (Å²) in [7, 11) is 0.968. The molecule has 2 nitrogen and oxygen atoms in total. The summed E-state index contributed by atoms with van der Waals surface area (Å²) in [5.41, 5.74) is 0. The molecule has 3 heteroatoms. The lowest BCUT2D eigenvalue weighted by molar-refractivity contribution is 0.324. The first-order chi connectivity index (χ1) is 3.81. The van der Waals surface area contributed by atoms with Crippen LogP contribution in [0.25, 0.3) is 0 Å². The van der Waals surface area contributed by atoms with E-state index in [0.29, 0.717) is 0 Å². The highest BCUT2D eigenvalue weighted by Crippen LogP contribution is 1.97. The third-order valence-electron chi connectivity index (χ3n) is 1.08. The van der Waals surface area contributed by atoms with Gasteiger partial charge in [-0.25, -0.2) is 0 Å². The molecule has 0 aromatic rings. The van der Waals surface area contributed by atoms with E-state index in [1.165, 1.54) is 7.11 Å². The van der Waals surface area contributed by atoms with Gasteiger partial charge in [-0.15, -0.1) is 0 Å². The van der Waals surface area contributed by atoms with Crippen molar-refractivity contribution >= 4 is 7.12 Å². The van der Waals surface area contributed by atoms with Crippen LogP contribution in [-0.4, -0.2) is 19.3 Å². The minimum atomic E-state index is -0.546. The summed E-state index contributed by atoms with van der Waals surface area (Å²) in [6.07, 6.45) is 2.91. The first-order valence-corrected chi connectivity index (χ1v) is 3.02. The summed E-state index contributed by atoms with van der Waals surface area (Å²) in [5, 5.41) is 8.77. The lowest BCUT2D eigenvalue weighted by atomic mass is 9.83. The molecule has 0 radical (unpaired) electrons. The van der Waals surface area contributed by atoms with Gasteiger partial charge in [-0.1, -0.05) is 19.8 Å². The Hall–Kier alpha value is -0.0151. The maximum atomic E-state index is 8.77. The molecule has 0 bridgehead atoms. The third kappa shape index (κ3) is 4.15. The lowest BCUT2D eigenvalue weighted by Gasteiger charge is -1.99. The summed E-state index contributed by atoms with van der Waals surface area (Å²) in [4.78, 5) is 0. The SMILES string of the molecule is CCCCB(O)OC. The summed E-state index contributed by atoms with van der Waals surface area (Å²) in [6.45, 7) is 2.09. The van der Waals surface area contributed by atoms with Gasteiger partial charge in [-0.05, 0) is 6.32 Å². The molecule has 0 aliphatic heterocycles. The van der Waals surface area contributed by atoms with E-state index in [1.807, 2.05) is 0 Å². The monoisotopic (exact) mass is 116 g/mol. The van der Waals surface area contributed by atoms with Crippen molar-refractivity contribution in [2.75, 3.05) is 7.11 Å². The Bertz CT molecular complexity index is 49.7. The molecule has 48 valence electrons. The minimum Gasteiger partial charge on any atom is -0.427 e. The number of hydrogen-bond acceptors (Lipinski definition) is 2. The minimum absolute atomic E-state index is 0.546. The second-order valence-corrected chi connectivity index (χ2v) is 1.83. The van der Waals surface area contributed by atoms with Gasteiger partial charge in [0.2, 0.25) is 0 Å². The van der Waals surface area contributed by atoms with E-state index in [0.717, 1.165) is 19.2 Å². The van der Waals surface area contributed by atoms with Crippen LogP contribution in [0.5, 0.6) is 0 Å². The summed E-state index contributed by atoms with van der Waals surface area (Å²) >= 11 is 0. The van der Waals surface area contributed by atoms with Gasteiger partial charge in [0.1, 0.15) is 0 Å². The van der Waals surface area contributed by atoms with Crippen LogP contribution < -0.4 is 0 Å². The summed E-state index contributed by atoms with van der Waals surface area (Å²) < 4.78 is 4.61. The Morgan fingerprint density at radius 3 is 2.62 bits per heavy atom. The first kappa shape index (κ1) is 7.98. The van der Waals surface area contributed by atoms with Crippen molar-refractivity contribution in [3.8, 4) is 0 Å². The van der Waals surface area contributed by atoms with Crippen LogP contribution in [0, 0.1) is 0 Å². The number of rotatable bonds is 4. The van der Waals surface area contributed by atoms with Gasteiger partial charge in [0.05, 0.1) is 0 Å². The van der Waals surface area contributed by atoms with Crippen LogP contribution in [-0.2, 0) is 4.65 Å². The third-order valence-corrected chi connectivity index (χ3v) is 1.08. The molecule has 0 atom stereocenters. The maximum Gasteiger partial charge on any atom is 0.453 e. The second kappa shape index (κ2) is 5.13. The fourth-order valence-electron chi connectivity index (χ4n) is 0.497. The molecule has 8 heavy (non-hydrogen) atoms. The summed E-state index contributed by atoms with van der Waals surface area (Å²) in [6, 6.07) is 0. The molecule has 0 spiro atoms. The van der Waals surface area contributed by atoms with Crippen LogP contribution in [0.4, 0.5) is 0 Å². The van der Waals surface area contributed by atoms with Crippen LogP contribution >= 0.6 is 0 Å². The van der Waals surface area contributed by atoms with Crippen LogP contribution in [0.3, 0.4) is 0 Å². The maximum absolute atomic E-state index is 8.77. The van der Waals surface area contributed by atoms with Crippen LogP contribution in [0.2, 0.25) is 6.32 Å². The van der Waals surface area contributed by atoms with Crippen molar-refractivity contribution < 1.29 is 9.68 Å². The van der Waals surface area contributed by atoms with E-state index >= 15 is 0 Å². The Kier molecular flexibility index (Phi) is 5.12. The zero-order chi connectivity index (χ0) is 6.41. The van der Waals surface area contributed by atoms with Crippen molar-refractivity contribution in [3.63, 3.8) is 0 Å². The predicted molar refractivity (Wildman–Crippen MR) is 34.7 cm³/mol. The molecular weight excluding hydrogens is 103 g/mol. The molecule has 0 aromatic heterocycles. The van der Waals surface area contributed by atoms with Gasteiger partial charge in [0.25, 0.3) is 0 Å². The van der Waals surface area contributed by atoms with Crippen molar-refractivity contribution in [2.45, 2.75) is 26.1 Å². The van der Waals surface area contributed by atoms with Gasteiger partial charge < -0.3 is 9.68 Å². The standard InChI is InChI=1S/C5H13BO2/c1-3-4-5-6(7)8-2/h7H,3-5H2,1-2H3. The van der Waals surface area contributed by atoms with E-state index < -0.39 is 7.12 Å². The van der Waals surface area contributed by atoms with Gasteiger partial charge in [0.15, 0.2) is 0 Å². The zero-order valence-electron chi connectivity index (χ0n) is 5.55. The quantitative estimate of drug-likeness (QED) is 0.553. The Balaban J connectivity index is 2.86. The average Bonchev–Trinajstić information content (AvgIpc) is 1.83. The molecule has 0 aliphatic carbocycles. The van der Waals surface area contributed by atoms with Crippen LogP contribution in [0.1, 0.15) is 19.8 Å². The lowest BCUT2D eigenvalue weighted by Crippen LogP contribution is -2.13. The van der Waals surface area contributed by atoms with E-state index in [2.05, 4.69) is 11.6 Å². The molecule has 0 heterocycles. The van der Waals surface area contributed by atoms with E-state index in [1.54, 1.807) is 0 Å². The molecule has 0 fully saturated rings. The first-order valence-electron chi connectivity index (χ1n) is 3.02. The van der Waals surface area contributed by atoms with Crippen molar-refractivity contribution in [1.29, 1.82) is 0 Å². The average molecular weight is 116 g/mol. The van der Waals surface area contributed by atoms with E-state index in [-0.39, 0.29) is 0 Å². The zero-order valence-corrected chi connectivity index (χ0v) is 5.55. The fraction of sp³-hybridized carbons (Fsp3) is 1.00. The molecule has 0 saturated carbocycles. The van der Waals surface area contributed by atoms with Gasteiger partial charge >= 0.3 is 7.12 Å². The fourth-order valence-corrected chi connectivity index (χ4v) is 0.497. The number of unbranched alkanes of at least 4 members (excludes halogenated alkanes) is 1. The molecule has 0 rings (SSSR count). The van der Waals surface area contributed by atoms with Gasteiger partial charge in [-0.3, -0.25) is 0 Å². The Morgan fingerprint density at radius 1 is 1.62 bits per heavy atom. The highest BCUT2D eigenvalue weighted by molar-refractivity contribution is 6.42. The Labute approximate surface area is 51.0 Å². The van der Waals surface area contributed by atoms with Crippen molar-refractivity contribution in [3.05, 3.63) is 0 Å². The molecule has 0 unspecified atom stereocenters. The molecule has 0 amide bonds. The molecule has 0 aliphatic rings. The normalized spacial score (nSPS) is 9.38. The van der Waals surface area contributed by atoms with Crippen LogP contribution in [0.15, 0.2) is 0 Å². The predicted octanol–water partition coefficient (Wildman–Crippen LogP) is 0.913. The molecule has 0 aromatic carbocycles. The highest BCUT2D eigenvalue weighted by atomic mass is 16.5. The topological polar surface area (TPSA) is 29.5 Å². The molecule has 0 saturated heterocycles. The number of hydrogen-bond donors (Lipinski definition) is 1. The Morgan fingerprint density at radius 2 is 2.25 bits per heavy atom. The van der Waals surface area contributed by atoms with E-state index in [4.69, 9.17) is 5.02 Å². The smallest absolute Gasteiger partial charge is 0.427 e. The van der Waals surface area contributed by atoms with Gasteiger partial charge in [0, 0.05) is 7.11 Å². The highest BCUT2D eigenvalue weighted by Gasteiger charge is 2.07. The van der Waals surface area contributed by atoms with Gasteiger partial charge in [-0.2, -0.15) is 0 Å². The second-order valence-electron chi connectivity index (χ2n) is 1.83. The van der Waals surface area contributed by atoms with Crippen molar-refractivity contribution in [2.24, 2.45) is 0 Å². The van der Waals surface area contributed by atoms with Crippen molar-refractivity contribution in [1.82, 2.24) is 0 Å². The molecule has 1 N–H and O–H groups in total. The summed E-state index contributed by atoms with van der Waals surface area (Å²) in [5.74, 6) is 0. The molecular formula is C5H13BO2. The largest absolute Gasteiger partial charge is 0.453 e.